The molecule has 3 aromatic carbocycles. The number of ether oxygens (including phenoxy) is 1. The van der Waals surface area contributed by atoms with E-state index in [1.54, 1.807) is 30.3 Å². The minimum Gasteiger partial charge on any atom is -0.489 e. The van der Waals surface area contributed by atoms with Gasteiger partial charge in [-0.05, 0) is 112 Å². The number of hydrogen-bond acceptors (Lipinski definition) is 12. The van der Waals surface area contributed by atoms with Gasteiger partial charge in [-0.3, -0.25) is 34.2 Å². The van der Waals surface area contributed by atoms with E-state index >= 15 is 0 Å². The van der Waals surface area contributed by atoms with E-state index in [-0.39, 0.29) is 59.5 Å². The quantitative estimate of drug-likeness (QED) is 0.159. The molecule has 16 nitrogen and oxygen atoms in total. The number of anilines is 2. The largest absolute Gasteiger partial charge is 0.489 e. The average Bonchev–Trinajstić information content (AvgIpc) is 3.35. The summed E-state index contributed by atoms with van der Waals surface area (Å²) in [5.41, 5.74) is 2.37. The van der Waals surface area contributed by atoms with Gasteiger partial charge in [0, 0.05) is 105 Å². The fourth-order valence-electron chi connectivity index (χ4n) is 11.9. The maximum absolute atomic E-state index is 13.7. The van der Waals surface area contributed by atoms with E-state index in [1.807, 2.05) is 18.2 Å². The summed E-state index contributed by atoms with van der Waals surface area (Å²) in [6.07, 6.45) is 6.08. The Balaban J connectivity index is 0.669. The Hall–Kier alpha value is -6.05. The molecular formula is C52H63ClN10O6. The molecule has 4 saturated heterocycles. The lowest BCUT2D eigenvalue weighted by atomic mass is 9.49. The number of halogens is 1. The zero-order valence-electron chi connectivity index (χ0n) is 40.1. The third-order valence-electron chi connectivity index (χ3n) is 15.7. The second-order valence-corrected chi connectivity index (χ2v) is 21.3. The molecule has 17 heteroatoms. The third-order valence-corrected chi connectivity index (χ3v) is 16.0. The molecule has 0 bridgehead atoms. The monoisotopic (exact) mass is 958 g/mol. The molecule has 9 rings (SSSR count). The molecule has 5 aliphatic rings. The van der Waals surface area contributed by atoms with E-state index in [4.69, 9.17) is 16.3 Å². The van der Waals surface area contributed by atoms with Crippen molar-refractivity contribution in [2.24, 2.45) is 22.7 Å². The second kappa shape index (κ2) is 19.7. The maximum Gasteiger partial charge on any atom is 0.278 e. The highest BCUT2D eigenvalue weighted by molar-refractivity contribution is 6.31. The zero-order valence-corrected chi connectivity index (χ0v) is 40.8. The van der Waals surface area contributed by atoms with Crippen LogP contribution in [-0.2, 0) is 14.4 Å². The number of nitrogens with one attached hydrogen (secondary N) is 2. The Bertz CT molecular complexity index is 2680. The molecule has 5 fully saturated rings. The number of benzene rings is 3. The van der Waals surface area contributed by atoms with Gasteiger partial charge in [0.05, 0.1) is 16.0 Å². The summed E-state index contributed by atoms with van der Waals surface area (Å²) in [5.74, 6) is 0.485. The first-order chi connectivity index (χ1) is 33.1. The summed E-state index contributed by atoms with van der Waals surface area (Å²) in [7, 11) is 0. The molecular weight excluding hydrogens is 896 g/mol. The number of carbonyl (C=O) groups is 4. The summed E-state index contributed by atoms with van der Waals surface area (Å²) in [6.45, 7) is 16.4. The van der Waals surface area contributed by atoms with Crippen LogP contribution in [-0.4, -0.2) is 119 Å². The Labute approximate surface area is 408 Å². The first-order valence-electron chi connectivity index (χ1n) is 24.6. The number of imide groups is 1. The fourth-order valence-corrected chi connectivity index (χ4v) is 12.1. The molecule has 0 spiro atoms. The van der Waals surface area contributed by atoms with E-state index in [0.717, 1.165) is 94.0 Å². The van der Waals surface area contributed by atoms with Gasteiger partial charge in [-0.25, -0.2) is 0 Å². The predicted molar refractivity (Wildman–Crippen MR) is 263 cm³/mol. The Morgan fingerprint density at radius 3 is 2.19 bits per heavy atom. The number of hydrogen-bond donors (Lipinski definition) is 2. The number of fused-ring (bicyclic) bond motifs is 1. The highest BCUT2D eigenvalue weighted by Crippen LogP contribution is 2.55. The van der Waals surface area contributed by atoms with E-state index < -0.39 is 17.5 Å². The molecule has 5 heterocycles. The first kappa shape index (κ1) is 48.0. The molecule has 1 unspecified atom stereocenters. The molecule has 0 radical (unpaired) electrons. The lowest BCUT2D eigenvalue weighted by Gasteiger charge is -2.63. The van der Waals surface area contributed by atoms with Crippen LogP contribution in [0.4, 0.5) is 11.4 Å². The SMILES string of the molecule is CC1(C)C(NC(=O)c2ccc(N3CCN(CCCC4CCN(C(=O)C5CCN(c6ccc7nnn(C8CCC(=O)NC8=O)c(=O)c7c6)CC5)CC4)CC3)cc2)C(C)(C)C1Oc1ccc(C#N)c(Cl)c1. The smallest absolute Gasteiger partial charge is 0.278 e. The van der Waals surface area contributed by atoms with Gasteiger partial charge < -0.3 is 24.8 Å². The van der Waals surface area contributed by atoms with Gasteiger partial charge in [0.2, 0.25) is 11.8 Å². The van der Waals surface area contributed by atoms with Crippen molar-refractivity contribution in [3.63, 3.8) is 0 Å². The Kier molecular flexibility index (Phi) is 13.7. The molecule has 69 heavy (non-hydrogen) atoms. The molecule has 1 aromatic heterocycles. The molecule has 1 atom stereocenters. The van der Waals surface area contributed by atoms with Crippen LogP contribution >= 0.6 is 11.6 Å². The fraction of sp³-hybridized carbons (Fsp3) is 0.538. The van der Waals surface area contributed by atoms with Crippen molar-refractivity contribution in [2.45, 2.75) is 97.2 Å². The number of piperazine rings is 1. The van der Waals surface area contributed by atoms with Crippen LogP contribution in [0.15, 0.2) is 65.5 Å². The van der Waals surface area contributed by atoms with Gasteiger partial charge in [0.25, 0.3) is 17.4 Å². The number of likely N-dealkylation sites (tertiary alicyclic amines) is 1. The van der Waals surface area contributed by atoms with E-state index in [1.165, 1.54) is 6.42 Å². The predicted octanol–water partition coefficient (Wildman–Crippen LogP) is 5.96. The number of piperidine rings is 3. The van der Waals surface area contributed by atoms with Gasteiger partial charge >= 0.3 is 0 Å². The van der Waals surface area contributed by atoms with Crippen molar-refractivity contribution in [1.82, 2.24) is 35.4 Å². The zero-order chi connectivity index (χ0) is 48.6. The minimum atomic E-state index is -0.874. The van der Waals surface area contributed by atoms with E-state index in [2.05, 4.69) is 86.4 Å². The number of nitrogens with zero attached hydrogens (tertiary/aromatic N) is 8. The lowest BCUT2D eigenvalue weighted by molar-refractivity contribution is -0.164. The minimum absolute atomic E-state index is 0.0126. The van der Waals surface area contributed by atoms with Gasteiger partial charge in [0.15, 0.2) is 0 Å². The molecule has 4 amide bonds. The topological polar surface area (TPSA) is 186 Å². The first-order valence-corrected chi connectivity index (χ1v) is 25.0. The van der Waals surface area contributed by atoms with Crippen molar-refractivity contribution in [3.8, 4) is 11.8 Å². The van der Waals surface area contributed by atoms with Crippen LogP contribution in [0.3, 0.4) is 0 Å². The number of amides is 4. The van der Waals surface area contributed by atoms with Gasteiger partial charge in [-0.1, -0.05) is 44.5 Å². The van der Waals surface area contributed by atoms with E-state index in [9.17, 15) is 29.2 Å². The molecule has 4 aromatic rings. The van der Waals surface area contributed by atoms with Crippen LogP contribution in [0, 0.1) is 34.0 Å². The van der Waals surface area contributed by atoms with Crippen molar-refractivity contribution in [3.05, 3.63) is 87.2 Å². The normalized spacial score (nSPS) is 23.2. The van der Waals surface area contributed by atoms with Gasteiger partial charge in [-0.2, -0.15) is 9.94 Å². The summed E-state index contributed by atoms with van der Waals surface area (Å²) in [4.78, 5) is 74.0. The van der Waals surface area contributed by atoms with Crippen LogP contribution in [0.2, 0.25) is 5.02 Å². The highest BCUT2D eigenvalue weighted by Gasteiger charge is 2.64. The highest BCUT2D eigenvalue weighted by atomic mass is 35.5. The third kappa shape index (κ3) is 9.90. The number of rotatable bonds is 12. The maximum atomic E-state index is 13.7. The summed E-state index contributed by atoms with van der Waals surface area (Å²) >= 11 is 6.27. The molecule has 1 saturated carbocycles. The second-order valence-electron chi connectivity index (χ2n) is 20.9. The van der Waals surface area contributed by atoms with E-state index in [0.29, 0.717) is 51.8 Å². The lowest BCUT2D eigenvalue weighted by Crippen LogP contribution is -2.74. The van der Waals surface area contributed by atoms with Crippen LogP contribution in [0.1, 0.15) is 101 Å². The number of aromatic nitrogens is 3. The Morgan fingerprint density at radius 2 is 1.52 bits per heavy atom. The average molecular weight is 960 g/mol. The summed E-state index contributed by atoms with van der Waals surface area (Å²) < 4.78 is 7.48. The van der Waals surface area contributed by atoms with Crippen LogP contribution in [0.5, 0.6) is 5.75 Å². The molecule has 364 valence electrons. The number of nitriles is 1. The van der Waals surface area contributed by atoms with Crippen LogP contribution in [0.25, 0.3) is 10.9 Å². The Morgan fingerprint density at radius 1 is 0.841 bits per heavy atom. The van der Waals surface area contributed by atoms with Crippen LogP contribution < -0.4 is 30.7 Å². The summed E-state index contributed by atoms with van der Waals surface area (Å²) in [5, 5.41) is 23.7. The van der Waals surface area contributed by atoms with Crippen molar-refractivity contribution < 1.29 is 23.9 Å². The van der Waals surface area contributed by atoms with Crippen molar-refractivity contribution in [2.75, 3.05) is 68.7 Å². The van der Waals surface area contributed by atoms with Crippen molar-refractivity contribution in [1.29, 1.82) is 5.26 Å². The standard InChI is InChI=1S/C52H63ClN10O6/c1-51(2)49(52(3,4)50(51)69-39-13-9-36(32-54)41(53)31-39)56-45(65)34-7-10-37(11-8-34)61-28-26-59(27-29-61)21-5-6-33-17-22-62(23-18-33)47(67)35-19-24-60(25-20-35)38-12-14-42-40(30-38)48(68)63(58-57-42)43-15-16-44(64)55-46(43)66/h7-14,30-31,33,35,43,49-50H,5-6,15-29H2,1-4H3,(H,56,65)(H,55,64,66). The summed E-state index contributed by atoms with van der Waals surface area (Å²) in [6, 6.07) is 19.6. The molecule has 2 N–H and O–H groups in total. The molecule has 4 aliphatic heterocycles. The van der Waals surface area contributed by atoms with Crippen molar-refractivity contribution >= 4 is 57.5 Å². The molecule has 1 aliphatic carbocycles. The van der Waals surface area contributed by atoms with Gasteiger partial charge in [-0.15, -0.1) is 5.10 Å². The van der Waals surface area contributed by atoms with Gasteiger partial charge in [0.1, 0.15) is 29.5 Å². The number of carbonyl (C=O) groups excluding carboxylic acids is 4.